The van der Waals surface area contributed by atoms with Gasteiger partial charge >= 0.3 is 24.1 Å². The second-order valence-corrected chi connectivity index (χ2v) is 5.81. The number of methoxy groups -OCH3 is 1. The number of ether oxygens (including phenoxy) is 2. The number of urea groups is 1. The van der Waals surface area contributed by atoms with E-state index in [1.807, 2.05) is 0 Å². The molecular weight excluding hydrogens is 373 g/mol. The lowest BCUT2D eigenvalue weighted by Gasteiger charge is -2.19. The van der Waals surface area contributed by atoms with E-state index in [4.69, 9.17) is 9.84 Å². The van der Waals surface area contributed by atoms with Gasteiger partial charge in [-0.3, -0.25) is 4.79 Å². The minimum absolute atomic E-state index is 0.0137. The fourth-order valence-electron chi connectivity index (χ4n) is 2.49. The Morgan fingerprint density at radius 2 is 2.04 bits per heavy atom. The van der Waals surface area contributed by atoms with Gasteiger partial charge in [0.2, 0.25) is 0 Å². The number of carboxylic acid groups (broad SMARTS) is 1. The predicted molar refractivity (Wildman–Crippen MR) is 85.7 cm³/mol. The summed E-state index contributed by atoms with van der Waals surface area (Å²) in [6.45, 7) is -1.44. The van der Waals surface area contributed by atoms with Crippen LogP contribution in [0.1, 0.15) is 16.8 Å². The monoisotopic (exact) mass is 390 g/mol. The van der Waals surface area contributed by atoms with Crippen molar-refractivity contribution < 1.29 is 42.1 Å². The van der Waals surface area contributed by atoms with Crippen LogP contribution in [0.5, 0.6) is 5.75 Å². The molecule has 2 amide bonds. The number of carboxylic acids is 1. The number of rotatable bonds is 5. The molecule has 148 valence electrons. The molecule has 0 aromatic heterocycles. The van der Waals surface area contributed by atoms with E-state index in [-0.39, 0.29) is 36.5 Å². The topological polar surface area (TPSA) is 105 Å². The van der Waals surface area contributed by atoms with Gasteiger partial charge in [-0.15, -0.1) is 0 Å². The summed E-state index contributed by atoms with van der Waals surface area (Å²) < 4.78 is 46.6. The van der Waals surface area contributed by atoms with Gasteiger partial charge in [0.1, 0.15) is 5.75 Å². The maximum absolute atomic E-state index is 12.5. The Labute approximate surface area is 151 Å². The number of likely N-dealkylation sites (tertiary alicyclic amines) is 1. The first kappa shape index (κ1) is 20.3. The Hall–Kier alpha value is -2.98. The maximum Gasteiger partial charge on any atom is 0.422 e. The molecule has 1 aromatic rings. The first-order chi connectivity index (χ1) is 12.6. The Kier molecular flexibility index (Phi) is 6.13. The van der Waals surface area contributed by atoms with Crippen molar-refractivity contribution in [3.8, 4) is 5.75 Å². The van der Waals surface area contributed by atoms with E-state index in [1.54, 1.807) is 0 Å². The van der Waals surface area contributed by atoms with Crippen molar-refractivity contribution in [3.63, 3.8) is 0 Å². The number of hydrogen-bond acceptors (Lipinski definition) is 5. The van der Waals surface area contributed by atoms with Crippen molar-refractivity contribution in [3.05, 3.63) is 23.8 Å². The second-order valence-electron chi connectivity index (χ2n) is 5.81. The van der Waals surface area contributed by atoms with Crippen LogP contribution in [0, 0.1) is 5.92 Å². The number of halogens is 3. The minimum atomic E-state index is -4.62. The number of anilines is 1. The van der Waals surface area contributed by atoms with Crippen LogP contribution in [0.4, 0.5) is 23.7 Å². The number of carbonyl (C=O) groups is 3. The highest BCUT2D eigenvalue weighted by Gasteiger charge is 2.32. The van der Waals surface area contributed by atoms with Crippen molar-refractivity contribution in [2.24, 2.45) is 5.92 Å². The third kappa shape index (κ3) is 5.50. The van der Waals surface area contributed by atoms with Crippen LogP contribution in [0.2, 0.25) is 0 Å². The number of aliphatic carboxylic acids is 1. The molecule has 1 heterocycles. The lowest BCUT2D eigenvalue weighted by atomic mass is 10.1. The van der Waals surface area contributed by atoms with Gasteiger partial charge in [0.25, 0.3) is 0 Å². The van der Waals surface area contributed by atoms with Crippen molar-refractivity contribution in [2.45, 2.75) is 12.6 Å². The molecule has 0 aliphatic carbocycles. The average Bonchev–Trinajstić information content (AvgIpc) is 3.10. The van der Waals surface area contributed by atoms with Crippen LogP contribution < -0.4 is 10.1 Å². The Balaban J connectivity index is 2.17. The van der Waals surface area contributed by atoms with E-state index >= 15 is 0 Å². The summed E-state index contributed by atoms with van der Waals surface area (Å²) in [5.74, 6) is -2.87. The van der Waals surface area contributed by atoms with E-state index in [0.717, 1.165) is 13.2 Å². The normalized spacial score (nSPS) is 16.7. The number of amides is 2. The zero-order valence-corrected chi connectivity index (χ0v) is 14.2. The molecule has 0 bridgehead atoms. The third-order valence-corrected chi connectivity index (χ3v) is 3.86. The van der Waals surface area contributed by atoms with E-state index in [2.05, 4.69) is 10.1 Å². The van der Waals surface area contributed by atoms with E-state index in [9.17, 15) is 27.6 Å². The molecule has 0 radical (unpaired) electrons. The van der Waals surface area contributed by atoms with Crippen LogP contribution in [0.25, 0.3) is 0 Å². The standard InChI is InChI=1S/C16H17F3N2O6/c1-26-14(24)9-2-3-11(12(6-9)27-8-16(17,18)19)20-15(25)21-5-4-10(7-21)13(22)23/h2-3,6,10H,4-5,7-8H2,1H3,(H,20,25)(H,22,23). The molecule has 27 heavy (non-hydrogen) atoms. The molecule has 1 aromatic carbocycles. The van der Waals surface area contributed by atoms with Gasteiger partial charge in [-0.25, -0.2) is 9.59 Å². The number of benzene rings is 1. The molecule has 1 fully saturated rings. The van der Waals surface area contributed by atoms with Crippen LogP contribution in [0.15, 0.2) is 18.2 Å². The molecule has 1 saturated heterocycles. The number of esters is 1. The van der Waals surface area contributed by atoms with Crippen molar-refractivity contribution >= 4 is 23.7 Å². The molecule has 1 atom stereocenters. The SMILES string of the molecule is COC(=O)c1ccc(NC(=O)N2CCC(C(=O)O)C2)c(OCC(F)(F)F)c1. The third-order valence-electron chi connectivity index (χ3n) is 3.86. The van der Waals surface area contributed by atoms with Crippen molar-refractivity contribution in [1.29, 1.82) is 0 Å². The van der Waals surface area contributed by atoms with Gasteiger partial charge in [0.05, 0.1) is 24.3 Å². The first-order valence-electron chi connectivity index (χ1n) is 7.81. The number of hydrogen-bond donors (Lipinski definition) is 2. The van der Waals surface area contributed by atoms with Crippen LogP contribution >= 0.6 is 0 Å². The summed E-state index contributed by atoms with van der Waals surface area (Å²) in [6, 6.07) is 2.81. The fraction of sp³-hybridized carbons (Fsp3) is 0.438. The zero-order valence-electron chi connectivity index (χ0n) is 14.2. The Morgan fingerprint density at radius 1 is 1.33 bits per heavy atom. The lowest BCUT2D eigenvalue weighted by molar-refractivity contribution is -0.153. The number of nitrogens with zero attached hydrogens (tertiary/aromatic N) is 1. The molecular formula is C16H17F3N2O6. The van der Waals surface area contributed by atoms with Gasteiger partial charge in [-0.1, -0.05) is 0 Å². The Morgan fingerprint density at radius 3 is 2.59 bits per heavy atom. The van der Waals surface area contributed by atoms with Gasteiger partial charge in [0, 0.05) is 13.1 Å². The summed E-state index contributed by atoms with van der Waals surface area (Å²) in [6.07, 6.45) is -4.34. The molecule has 1 aliphatic rings. The van der Waals surface area contributed by atoms with E-state index < -0.39 is 36.7 Å². The molecule has 0 spiro atoms. The highest BCUT2D eigenvalue weighted by Crippen LogP contribution is 2.29. The van der Waals surface area contributed by atoms with Crippen molar-refractivity contribution in [1.82, 2.24) is 4.90 Å². The Bertz CT molecular complexity index is 737. The lowest BCUT2D eigenvalue weighted by Crippen LogP contribution is -2.34. The quantitative estimate of drug-likeness (QED) is 0.748. The van der Waals surface area contributed by atoms with E-state index in [0.29, 0.717) is 0 Å². The number of carbonyl (C=O) groups excluding carboxylic acids is 2. The van der Waals surface area contributed by atoms with Crippen LogP contribution in [0.3, 0.4) is 0 Å². The average molecular weight is 390 g/mol. The molecule has 1 aliphatic heterocycles. The summed E-state index contributed by atoms with van der Waals surface area (Å²) in [7, 11) is 1.11. The number of nitrogens with one attached hydrogen (secondary N) is 1. The highest BCUT2D eigenvalue weighted by molar-refractivity contribution is 5.94. The van der Waals surface area contributed by atoms with Crippen LogP contribution in [-0.2, 0) is 9.53 Å². The summed E-state index contributed by atoms with van der Waals surface area (Å²) in [5.41, 5.74) is -0.143. The minimum Gasteiger partial charge on any atom is -0.482 e. The summed E-state index contributed by atoms with van der Waals surface area (Å²) in [5, 5.41) is 11.4. The molecule has 2 rings (SSSR count). The van der Waals surface area contributed by atoms with Gasteiger partial charge in [-0.05, 0) is 24.6 Å². The molecule has 0 saturated carbocycles. The summed E-state index contributed by atoms with van der Waals surface area (Å²) in [4.78, 5) is 36.0. The van der Waals surface area contributed by atoms with Crippen molar-refractivity contribution in [2.75, 3.05) is 32.1 Å². The highest BCUT2D eigenvalue weighted by atomic mass is 19.4. The van der Waals surface area contributed by atoms with E-state index in [1.165, 1.54) is 17.0 Å². The molecule has 11 heteroatoms. The first-order valence-corrected chi connectivity index (χ1v) is 7.81. The zero-order chi connectivity index (χ0) is 20.2. The second kappa shape index (κ2) is 8.14. The largest absolute Gasteiger partial charge is 0.482 e. The number of alkyl halides is 3. The van der Waals surface area contributed by atoms with Crippen LogP contribution in [-0.4, -0.2) is 61.0 Å². The predicted octanol–water partition coefficient (Wildman–Crippen LogP) is 2.35. The van der Waals surface area contributed by atoms with Gasteiger partial charge < -0.3 is 24.8 Å². The van der Waals surface area contributed by atoms with Gasteiger partial charge in [-0.2, -0.15) is 13.2 Å². The van der Waals surface area contributed by atoms with Gasteiger partial charge in [0.15, 0.2) is 6.61 Å². The fourth-order valence-corrected chi connectivity index (χ4v) is 2.49. The smallest absolute Gasteiger partial charge is 0.422 e. The maximum atomic E-state index is 12.5. The molecule has 1 unspecified atom stereocenters. The summed E-state index contributed by atoms with van der Waals surface area (Å²) >= 11 is 0. The molecule has 8 nitrogen and oxygen atoms in total. The molecule has 2 N–H and O–H groups in total.